The molecule has 0 aromatic heterocycles. The van der Waals surface area contributed by atoms with Gasteiger partial charge in [-0.2, -0.15) is 13.2 Å². The number of benzene rings is 2. The molecule has 0 saturated carbocycles. The third kappa shape index (κ3) is 3.44. The zero-order valence-electron chi connectivity index (χ0n) is 13.3. The number of halogens is 4. The Bertz CT molecular complexity index is 1090. The molecule has 2 aromatic rings. The number of nitrogens with zero attached hydrogens (tertiary/aromatic N) is 2. The minimum atomic E-state index is -5.06. The van der Waals surface area contributed by atoms with Crippen molar-refractivity contribution in [3.8, 4) is 0 Å². The van der Waals surface area contributed by atoms with E-state index in [1.807, 2.05) is 0 Å². The maximum Gasteiger partial charge on any atom is 0.471 e. The van der Waals surface area contributed by atoms with Gasteiger partial charge in [0.25, 0.3) is 14.7 Å². The second kappa shape index (κ2) is 6.34. The molecule has 0 unspecified atom stereocenters. The fraction of sp³-hybridized carbons (Fsp3) is 0.267. The van der Waals surface area contributed by atoms with Crippen LogP contribution < -0.4 is 0 Å². The molecule has 0 spiro atoms. The predicted octanol–water partition coefficient (Wildman–Crippen LogP) is 3.12. The topological polar surface area (TPSA) is 97.6 Å². The van der Waals surface area contributed by atoms with E-state index in [0.29, 0.717) is 10.5 Å². The van der Waals surface area contributed by atoms with Crippen molar-refractivity contribution in [2.75, 3.05) is 6.54 Å². The van der Waals surface area contributed by atoms with E-state index in [0.717, 1.165) is 12.1 Å². The summed E-state index contributed by atoms with van der Waals surface area (Å²) in [5.74, 6) is -2.04. The van der Waals surface area contributed by atoms with Gasteiger partial charge in [-0.15, -0.1) is 0 Å². The number of carbonyl (C=O) groups excluding carboxylic acids is 1. The lowest BCUT2D eigenvalue weighted by Crippen LogP contribution is -2.43. The minimum absolute atomic E-state index is 0.0164. The quantitative estimate of drug-likeness (QED) is 0.421. The number of non-ortho nitro benzene ring substituents is 1. The monoisotopic (exact) mass is 422 g/mol. The van der Waals surface area contributed by atoms with Crippen LogP contribution in [0, 0.1) is 10.1 Å². The highest BCUT2D eigenvalue weighted by molar-refractivity contribution is 8.14. The fourth-order valence-electron chi connectivity index (χ4n) is 3.21. The molecule has 0 atom stereocenters. The van der Waals surface area contributed by atoms with Gasteiger partial charge >= 0.3 is 12.1 Å². The lowest BCUT2D eigenvalue weighted by molar-refractivity contribution is -0.383. The largest absolute Gasteiger partial charge is 0.471 e. The van der Waals surface area contributed by atoms with Crippen molar-refractivity contribution in [2.45, 2.75) is 24.0 Å². The Hall–Kier alpha value is -2.40. The third-order valence-corrected chi connectivity index (χ3v) is 5.63. The maximum atomic E-state index is 12.7. The van der Waals surface area contributed by atoms with E-state index < -0.39 is 43.2 Å². The summed E-state index contributed by atoms with van der Waals surface area (Å²) in [4.78, 5) is 22.0. The van der Waals surface area contributed by atoms with E-state index in [2.05, 4.69) is 0 Å². The molecular weight excluding hydrogens is 413 g/mol. The number of hydrogen-bond donors (Lipinski definition) is 0. The van der Waals surface area contributed by atoms with Gasteiger partial charge in [-0.3, -0.25) is 14.9 Å². The summed E-state index contributed by atoms with van der Waals surface area (Å²) in [6.45, 7) is -0.734. The zero-order valence-corrected chi connectivity index (χ0v) is 14.9. The SMILES string of the molecule is O=C(N1CCc2c(cc(S(=O)(=O)Cl)c3c([N+](=O)[O-])cccc23)C1)C(F)(F)F. The Morgan fingerprint density at radius 2 is 1.96 bits per heavy atom. The standard InChI is InChI=1S/C15H10ClF3N2O5S/c16-27(25,26)12-6-8-7-20(14(22)15(17,18)19)5-4-9(8)10-2-1-3-11(13(10)12)21(23)24/h1-3,6H,4-5,7H2. The molecule has 0 N–H and O–H groups in total. The molecule has 27 heavy (non-hydrogen) atoms. The molecule has 0 saturated heterocycles. The summed E-state index contributed by atoms with van der Waals surface area (Å²) < 4.78 is 62.0. The lowest BCUT2D eigenvalue weighted by atomic mass is 9.92. The van der Waals surface area contributed by atoms with Crippen LogP contribution >= 0.6 is 10.7 Å². The number of nitro benzene ring substituents is 1. The average molecular weight is 423 g/mol. The van der Waals surface area contributed by atoms with Crippen LogP contribution in [0.25, 0.3) is 10.8 Å². The van der Waals surface area contributed by atoms with Crippen molar-refractivity contribution < 1.29 is 31.3 Å². The second-order valence-electron chi connectivity index (χ2n) is 5.88. The fourth-order valence-corrected chi connectivity index (χ4v) is 4.31. The molecule has 144 valence electrons. The zero-order chi connectivity index (χ0) is 20.1. The average Bonchev–Trinajstić information content (AvgIpc) is 2.57. The van der Waals surface area contributed by atoms with Gasteiger partial charge in [0.05, 0.1) is 15.2 Å². The maximum absolute atomic E-state index is 12.7. The van der Waals surface area contributed by atoms with Gasteiger partial charge in [-0.1, -0.05) is 12.1 Å². The van der Waals surface area contributed by atoms with Crippen LogP contribution in [0.15, 0.2) is 29.2 Å². The van der Waals surface area contributed by atoms with Crippen molar-refractivity contribution in [2.24, 2.45) is 0 Å². The number of alkyl halides is 3. The molecule has 12 heteroatoms. The minimum Gasteiger partial charge on any atom is -0.330 e. The first-order valence-corrected chi connectivity index (χ1v) is 9.75. The first kappa shape index (κ1) is 19.4. The van der Waals surface area contributed by atoms with Crippen LogP contribution in [0.4, 0.5) is 18.9 Å². The van der Waals surface area contributed by atoms with E-state index in [-0.39, 0.29) is 29.3 Å². The molecule has 2 aromatic carbocycles. The first-order chi connectivity index (χ1) is 12.4. The molecule has 0 fully saturated rings. The Balaban J connectivity index is 2.27. The number of fused-ring (bicyclic) bond motifs is 3. The molecule has 1 aliphatic heterocycles. The Kier molecular flexibility index (Phi) is 4.55. The van der Waals surface area contributed by atoms with E-state index in [1.165, 1.54) is 12.1 Å². The van der Waals surface area contributed by atoms with Gasteiger partial charge in [0.15, 0.2) is 0 Å². The predicted molar refractivity (Wildman–Crippen MR) is 88.8 cm³/mol. The normalized spacial score (nSPS) is 14.9. The number of nitro groups is 1. The highest BCUT2D eigenvalue weighted by Gasteiger charge is 2.43. The van der Waals surface area contributed by atoms with Gasteiger partial charge in [0.1, 0.15) is 0 Å². The molecule has 0 bridgehead atoms. The molecule has 0 radical (unpaired) electrons. The summed E-state index contributed by atoms with van der Waals surface area (Å²) in [7, 11) is 0.974. The highest BCUT2D eigenvalue weighted by Crippen LogP contribution is 2.39. The van der Waals surface area contributed by atoms with Crippen molar-refractivity contribution in [1.29, 1.82) is 0 Å². The number of amides is 1. The van der Waals surface area contributed by atoms with Crippen LogP contribution in [0.2, 0.25) is 0 Å². The van der Waals surface area contributed by atoms with Gasteiger partial charge in [-0.25, -0.2) is 8.42 Å². The van der Waals surface area contributed by atoms with E-state index >= 15 is 0 Å². The van der Waals surface area contributed by atoms with E-state index in [4.69, 9.17) is 10.7 Å². The molecule has 0 aliphatic carbocycles. The first-order valence-electron chi connectivity index (χ1n) is 7.44. The van der Waals surface area contributed by atoms with Crippen LogP contribution in [-0.4, -0.2) is 36.9 Å². The second-order valence-corrected chi connectivity index (χ2v) is 8.42. The van der Waals surface area contributed by atoms with E-state index in [9.17, 15) is 36.5 Å². The van der Waals surface area contributed by atoms with Crippen molar-refractivity contribution in [3.05, 3.63) is 45.5 Å². The number of carbonyl (C=O) groups is 1. The molecule has 1 aliphatic rings. The smallest absolute Gasteiger partial charge is 0.330 e. The summed E-state index contributed by atoms with van der Waals surface area (Å²) >= 11 is 0. The summed E-state index contributed by atoms with van der Waals surface area (Å²) in [6.07, 6.45) is -5.08. The molecular formula is C15H10ClF3N2O5S. The number of rotatable bonds is 2. The van der Waals surface area contributed by atoms with Gasteiger partial charge in [0, 0.05) is 29.8 Å². The van der Waals surface area contributed by atoms with E-state index in [1.54, 1.807) is 0 Å². The van der Waals surface area contributed by atoms with Gasteiger partial charge in [-0.05, 0) is 29.0 Å². The van der Waals surface area contributed by atoms with Crippen LogP contribution in [0.3, 0.4) is 0 Å². The van der Waals surface area contributed by atoms with Crippen molar-refractivity contribution in [3.63, 3.8) is 0 Å². The molecule has 7 nitrogen and oxygen atoms in total. The third-order valence-electron chi connectivity index (χ3n) is 4.29. The van der Waals surface area contributed by atoms with Crippen molar-refractivity contribution in [1.82, 2.24) is 4.90 Å². The lowest BCUT2D eigenvalue weighted by Gasteiger charge is -2.30. The summed E-state index contributed by atoms with van der Waals surface area (Å²) in [5, 5.41) is 11.3. The van der Waals surface area contributed by atoms with Gasteiger partial charge < -0.3 is 4.90 Å². The number of hydrogen-bond acceptors (Lipinski definition) is 5. The van der Waals surface area contributed by atoms with Crippen molar-refractivity contribution >= 4 is 42.1 Å². The Labute approximate surface area is 154 Å². The van der Waals surface area contributed by atoms with Crippen LogP contribution in [0.5, 0.6) is 0 Å². The highest BCUT2D eigenvalue weighted by atomic mass is 35.7. The summed E-state index contributed by atoms with van der Waals surface area (Å²) in [6, 6.07) is 4.90. The van der Waals surface area contributed by atoms with Gasteiger partial charge in [0.2, 0.25) is 0 Å². The van der Waals surface area contributed by atoms with Crippen LogP contribution in [0.1, 0.15) is 11.1 Å². The van der Waals surface area contributed by atoms with Crippen LogP contribution in [-0.2, 0) is 26.8 Å². The molecule has 1 amide bonds. The summed E-state index contributed by atoms with van der Waals surface area (Å²) in [5.41, 5.74) is 0.110. The Morgan fingerprint density at radius 1 is 1.30 bits per heavy atom. The molecule has 3 rings (SSSR count). The molecule has 1 heterocycles. The Morgan fingerprint density at radius 3 is 2.52 bits per heavy atom.